The summed E-state index contributed by atoms with van der Waals surface area (Å²) in [6.07, 6.45) is 3.59. The summed E-state index contributed by atoms with van der Waals surface area (Å²) in [6, 6.07) is 7.60. The monoisotopic (exact) mass is 293 g/mol. The molecule has 0 bridgehead atoms. The van der Waals surface area contributed by atoms with Crippen LogP contribution in [0.25, 0.3) is 0 Å². The average molecular weight is 294 g/mol. The second-order valence-electron chi connectivity index (χ2n) is 4.26. The van der Waals surface area contributed by atoms with Gasteiger partial charge in [0, 0.05) is 31.3 Å². The molecule has 0 unspecified atom stereocenters. The fraction of sp³-hybridized carbons (Fsp3) is 0.286. The molecule has 0 aliphatic carbocycles. The predicted octanol–water partition coefficient (Wildman–Crippen LogP) is 2.25. The molecule has 1 aromatic heterocycles. The number of ether oxygens (including phenoxy) is 1. The van der Waals surface area contributed by atoms with Crippen LogP contribution in [0.15, 0.2) is 36.7 Å². The first-order valence-corrected chi connectivity index (χ1v) is 6.63. The number of para-hydroxylation sites is 1. The van der Waals surface area contributed by atoms with Crippen molar-refractivity contribution in [3.05, 3.63) is 47.2 Å². The molecular formula is C14H16ClN3O2. The Hall–Kier alpha value is -2.01. The molecule has 20 heavy (non-hydrogen) atoms. The Labute approximate surface area is 122 Å². The molecule has 2 rings (SSSR count). The van der Waals surface area contributed by atoms with Crippen LogP contribution in [-0.4, -0.2) is 22.8 Å². The van der Waals surface area contributed by atoms with Gasteiger partial charge in [-0.05, 0) is 6.07 Å². The molecule has 0 saturated carbocycles. The zero-order chi connectivity index (χ0) is 14.4. The minimum atomic E-state index is -0.0393. The van der Waals surface area contributed by atoms with E-state index in [1.54, 1.807) is 24.2 Å². The predicted molar refractivity (Wildman–Crippen MR) is 76.7 cm³/mol. The maximum absolute atomic E-state index is 11.8. The van der Waals surface area contributed by atoms with Gasteiger partial charge in [-0.15, -0.1) is 0 Å². The lowest BCUT2D eigenvalue weighted by Gasteiger charge is -2.09. The summed E-state index contributed by atoms with van der Waals surface area (Å²) in [4.78, 5) is 11.8. The maximum Gasteiger partial charge on any atom is 0.222 e. The molecule has 1 N–H and O–H groups in total. The van der Waals surface area contributed by atoms with Crippen LogP contribution < -0.4 is 10.1 Å². The molecule has 0 atom stereocenters. The van der Waals surface area contributed by atoms with E-state index >= 15 is 0 Å². The molecule has 0 aliphatic heterocycles. The Morgan fingerprint density at radius 1 is 1.45 bits per heavy atom. The third-order valence-electron chi connectivity index (χ3n) is 2.84. The lowest BCUT2D eigenvalue weighted by molar-refractivity contribution is -0.121. The summed E-state index contributed by atoms with van der Waals surface area (Å²) >= 11 is 5.75. The number of hydrogen-bond donors (Lipinski definition) is 1. The molecule has 6 heteroatoms. The molecule has 0 saturated heterocycles. The van der Waals surface area contributed by atoms with Gasteiger partial charge in [-0.2, -0.15) is 5.10 Å². The molecular weight excluding hydrogens is 278 g/mol. The molecule has 1 amide bonds. The van der Waals surface area contributed by atoms with Gasteiger partial charge in [-0.25, -0.2) is 0 Å². The van der Waals surface area contributed by atoms with E-state index in [0.717, 1.165) is 11.3 Å². The van der Waals surface area contributed by atoms with Crippen molar-refractivity contribution in [2.75, 3.05) is 7.11 Å². The molecule has 0 aliphatic rings. The van der Waals surface area contributed by atoms with Crippen LogP contribution in [0.3, 0.4) is 0 Å². The van der Waals surface area contributed by atoms with E-state index in [2.05, 4.69) is 10.4 Å². The Balaban J connectivity index is 1.80. The van der Waals surface area contributed by atoms with Gasteiger partial charge >= 0.3 is 0 Å². The second-order valence-corrected chi connectivity index (χ2v) is 4.70. The van der Waals surface area contributed by atoms with E-state index in [0.29, 0.717) is 24.5 Å². The maximum atomic E-state index is 11.8. The van der Waals surface area contributed by atoms with E-state index in [9.17, 15) is 4.79 Å². The first-order valence-electron chi connectivity index (χ1n) is 6.25. The Bertz CT molecular complexity index is 583. The van der Waals surface area contributed by atoms with Crippen LogP contribution in [0.1, 0.15) is 12.0 Å². The van der Waals surface area contributed by atoms with E-state index < -0.39 is 0 Å². The van der Waals surface area contributed by atoms with Crippen molar-refractivity contribution in [1.29, 1.82) is 0 Å². The SMILES string of the molecule is COc1ccccc1CNC(=O)CCn1cc(Cl)cn1. The van der Waals surface area contributed by atoms with Crippen LogP contribution in [0.2, 0.25) is 5.02 Å². The van der Waals surface area contributed by atoms with Gasteiger partial charge < -0.3 is 10.1 Å². The van der Waals surface area contributed by atoms with Crippen molar-refractivity contribution in [1.82, 2.24) is 15.1 Å². The van der Waals surface area contributed by atoms with Gasteiger partial charge in [0.2, 0.25) is 5.91 Å². The number of amides is 1. The number of halogens is 1. The zero-order valence-corrected chi connectivity index (χ0v) is 11.9. The van der Waals surface area contributed by atoms with E-state index in [1.807, 2.05) is 24.3 Å². The summed E-state index contributed by atoms with van der Waals surface area (Å²) in [5, 5.41) is 7.44. The first-order chi connectivity index (χ1) is 9.69. The summed E-state index contributed by atoms with van der Waals surface area (Å²) in [6.45, 7) is 0.952. The number of carbonyl (C=O) groups is 1. The zero-order valence-electron chi connectivity index (χ0n) is 11.2. The smallest absolute Gasteiger partial charge is 0.222 e. The van der Waals surface area contributed by atoms with Crippen molar-refractivity contribution in [2.24, 2.45) is 0 Å². The third kappa shape index (κ3) is 3.99. The number of nitrogens with one attached hydrogen (secondary N) is 1. The van der Waals surface area contributed by atoms with Crippen molar-refractivity contribution in [3.63, 3.8) is 0 Å². The highest BCUT2D eigenvalue weighted by atomic mass is 35.5. The standard InChI is InChI=1S/C14H16ClN3O2/c1-20-13-5-3-2-4-11(13)8-16-14(19)6-7-18-10-12(15)9-17-18/h2-5,9-10H,6-8H2,1H3,(H,16,19). The Kier molecular flexibility index (Phi) is 5.01. The highest BCUT2D eigenvalue weighted by Crippen LogP contribution is 2.16. The van der Waals surface area contributed by atoms with E-state index in [-0.39, 0.29) is 5.91 Å². The van der Waals surface area contributed by atoms with Crippen molar-refractivity contribution in [2.45, 2.75) is 19.5 Å². The second kappa shape index (κ2) is 6.96. The molecule has 2 aromatic rings. The topological polar surface area (TPSA) is 56.1 Å². The number of benzene rings is 1. The van der Waals surface area contributed by atoms with Crippen LogP contribution in [0, 0.1) is 0 Å². The third-order valence-corrected chi connectivity index (χ3v) is 3.03. The van der Waals surface area contributed by atoms with Crippen LogP contribution in [-0.2, 0) is 17.9 Å². The quantitative estimate of drug-likeness (QED) is 0.889. The number of aryl methyl sites for hydroxylation is 1. The average Bonchev–Trinajstić information content (AvgIpc) is 2.89. The van der Waals surface area contributed by atoms with Gasteiger partial charge in [0.25, 0.3) is 0 Å². The molecule has 1 aromatic carbocycles. The van der Waals surface area contributed by atoms with Crippen LogP contribution >= 0.6 is 11.6 Å². The van der Waals surface area contributed by atoms with Gasteiger partial charge in [0.05, 0.1) is 18.3 Å². The van der Waals surface area contributed by atoms with Crippen molar-refractivity contribution < 1.29 is 9.53 Å². The molecule has 106 valence electrons. The van der Waals surface area contributed by atoms with Crippen molar-refractivity contribution >= 4 is 17.5 Å². The highest BCUT2D eigenvalue weighted by molar-refractivity contribution is 6.30. The van der Waals surface area contributed by atoms with Gasteiger partial charge in [-0.3, -0.25) is 9.48 Å². The molecule has 0 spiro atoms. The largest absolute Gasteiger partial charge is 0.496 e. The molecule has 0 radical (unpaired) electrons. The lowest BCUT2D eigenvalue weighted by atomic mass is 10.2. The fourth-order valence-electron chi connectivity index (χ4n) is 1.81. The molecule has 1 heterocycles. The summed E-state index contributed by atoms with van der Waals surface area (Å²) < 4.78 is 6.87. The van der Waals surface area contributed by atoms with Crippen molar-refractivity contribution in [3.8, 4) is 5.75 Å². The minimum absolute atomic E-state index is 0.0393. The number of nitrogens with zero attached hydrogens (tertiary/aromatic N) is 2. The van der Waals surface area contributed by atoms with Crippen LogP contribution in [0.4, 0.5) is 0 Å². The van der Waals surface area contributed by atoms with Gasteiger partial charge in [-0.1, -0.05) is 29.8 Å². The molecule has 0 fully saturated rings. The van der Waals surface area contributed by atoms with Gasteiger partial charge in [0.1, 0.15) is 5.75 Å². The highest BCUT2D eigenvalue weighted by Gasteiger charge is 2.05. The number of hydrogen-bond acceptors (Lipinski definition) is 3. The lowest BCUT2D eigenvalue weighted by Crippen LogP contribution is -2.24. The first kappa shape index (κ1) is 14.4. The normalized spacial score (nSPS) is 10.3. The number of aromatic nitrogens is 2. The van der Waals surface area contributed by atoms with E-state index in [1.165, 1.54) is 0 Å². The number of rotatable bonds is 6. The van der Waals surface area contributed by atoms with E-state index in [4.69, 9.17) is 16.3 Å². The molecule has 5 nitrogen and oxygen atoms in total. The Morgan fingerprint density at radius 3 is 2.95 bits per heavy atom. The number of carbonyl (C=O) groups excluding carboxylic acids is 1. The Morgan fingerprint density at radius 2 is 2.25 bits per heavy atom. The summed E-state index contributed by atoms with van der Waals surface area (Å²) in [5.41, 5.74) is 0.950. The fourth-order valence-corrected chi connectivity index (χ4v) is 1.96. The summed E-state index contributed by atoms with van der Waals surface area (Å²) in [7, 11) is 1.61. The summed E-state index contributed by atoms with van der Waals surface area (Å²) in [5.74, 6) is 0.731. The minimum Gasteiger partial charge on any atom is -0.496 e. The van der Waals surface area contributed by atoms with Gasteiger partial charge in [0.15, 0.2) is 0 Å². The number of methoxy groups -OCH3 is 1. The van der Waals surface area contributed by atoms with Crippen LogP contribution in [0.5, 0.6) is 5.75 Å².